The molecule has 0 aliphatic carbocycles. The van der Waals surface area contributed by atoms with Crippen LogP contribution in [0.4, 0.5) is 0 Å². The van der Waals surface area contributed by atoms with Crippen molar-refractivity contribution in [2.45, 2.75) is 13.8 Å². The van der Waals surface area contributed by atoms with Crippen LogP contribution in [0.5, 0.6) is 0 Å². The number of rotatable bonds is 1. The Labute approximate surface area is 96.0 Å². The van der Waals surface area contributed by atoms with E-state index in [1.165, 1.54) is 0 Å². The van der Waals surface area contributed by atoms with Gasteiger partial charge in [-0.25, -0.2) is 0 Å². The molecule has 0 bridgehead atoms. The number of benzene rings is 2. The number of hydrogen-bond acceptors (Lipinski definition) is 1. The molecule has 0 saturated carbocycles. The summed E-state index contributed by atoms with van der Waals surface area (Å²) < 4.78 is 0. The molecule has 0 aromatic heterocycles. The maximum atomic E-state index is 9.24. The lowest BCUT2D eigenvalue weighted by Crippen LogP contribution is -1.92. The fourth-order valence-corrected chi connectivity index (χ4v) is 1.93. The molecule has 0 aliphatic heterocycles. The molecule has 0 fully saturated rings. The second-order valence-corrected chi connectivity index (χ2v) is 3.93. The summed E-state index contributed by atoms with van der Waals surface area (Å²) in [6, 6.07) is 16.4. The van der Waals surface area contributed by atoms with Gasteiger partial charge in [0.1, 0.15) is 6.07 Å². The van der Waals surface area contributed by atoms with Crippen molar-refractivity contribution in [3.05, 3.63) is 59.2 Å². The van der Waals surface area contributed by atoms with Gasteiger partial charge >= 0.3 is 0 Å². The lowest BCUT2D eigenvalue weighted by Gasteiger charge is -2.10. The van der Waals surface area contributed by atoms with Crippen LogP contribution >= 0.6 is 0 Å². The fourth-order valence-electron chi connectivity index (χ4n) is 1.93. The Hall–Kier alpha value is -2.07. The van der Waals surface area contributed by atoms with E-state index in [2.05, 4.69) is 12.1 Å². The molecule has 16 heavy (non-hydrogen) atoms. The Balaban J connectivity index is 2.75. The summed E-state index contributed by atoms with van der Waals surface area (Å²) in [5.74, 6) is 0. The van der Waals surface area contributed by atoms with Crippen molar-refractivity contribution in [3.8, 4) is 17.2 Å². The predicted octanol–water partition coefficient (Wildman–Crippen LogP) is 3.84. The van der Waals surface area contributed by atoms with Crippen LogP contribution in [0.2, 0.25) is 0 Å². The number of hydrogen-bond donors (Lipinski definition) is 0. The van der Waals surface area contributed by atoms with Gasteiger partial charge < -0.3 is 0 Å². The van der Waals surface area contributed by atoms with Gasteiger partial charge in [0.15, 0.2) is 0 Å². The molecule has 0 saturated heterocycles. The van der Waals surface area contributed by atoms with Crippen LogP contribution in [-0.2, 0) is 0 Å². The van der Waals surface area contributed by atoms with E-state index in [1.807, 2.05) is 50.2 Å². The molecule has 2 rings (SSSR count). The molecular weight excluding hydrogens is 194 g/mol. The summed E-state index contributed by atoms with van der Waals surface area (Å²) >= 11 is 0. The molecule has 0 N–H and O–H groups in total. The molecule has 0 amide bonds. The Bertz CT molecular complexity index is 548. The van der Waals surface area contributed by atoms with E-state index < -0.39 is 0 Å². The molecule has 0 unspecified atom stereocenters. The second kappa shape index (κ2) is 4.20. The van der Waals surface area contributed by atoms with E-state index in [9.17, 15) is 5.26 Å². The lowest BCUT2D eigenvalue weighted by molar-refractivity contribution is 1.34. The topological polar surface area (TPSA) is 23.8 Å². The van der Waals surface area contributed by atoms with Gasteiger partial charge in [0.2, 0.25) is 0 Å². The first-order valence-corrected chi connectivity index (χ1v) is 5.29. The van der Waals surface area contributed by atoms with Gasteiger partial charge in [-0.2, -0.15) is 5.26 Å². The van der Waals surface area contributed by atoms with Crippen LogP contribution < -0.4 is 0 Å². The van der Waals surface area contributed by atoms with E-state index in [0.29, 0.717) is 0 Å². The van der Waals surface area contributed by atoms with Crippen molar-refractivity contribution in [2.75, 3.05) is 0 Å². The van der Waals surface area contributed by atoms with E-state index in [-0.39, 0.29) is 0 Å². The summed E-state index contributed by atoms with van der Waals surface area (Å²) in [5.41, 5.74) is 5.13. The van der Waals surface area contributed by atoms with Gasteiger partial charge in [0, 0.05) is 5.56 Å². The molecule has 0 radical (unpaired) electrons. The minimum absolute atomic E-state index is 0.784. The van der Waals surface area contributed by atoms with E-state index in [1.54, 1.807) is 0 Å². The Morgan fingerprint density at radius 1 is 0.875 bits per heavy atom. The van der Waals surface area contributed by atoms with Crippen LogP contribution in [0, 0.1) is 25.2 Å². The zero-order valence-electron chi connectivity index (χ0n) is 9.49. The minimum atomic E-state index is 0.784. The lowest BCUT2D eigenvalue weighted by atomic mass is 9.93. The fraction of sp³-hybridized carbons (Fsp3) is 0.133. The highest BCUT2D eigenvalue weighted by molar-refractivity contribution is 5.75. The van der Waals surface area contributed by atoms with Crippen molar-refractivity contribution in [3.63, 3.8) is 0 Å². The average molecular weight is 207 g/mol. The van der Waals surface area contributed by atoms with Crippen molar-refractivity contribution in [1.29, 1.82) is 5.26 Å². The van der Waals surface area contributed by atoms with Gasteiger partial charge in [-0.05, 0) is 30.5 Å². The first-order chi connectivity index (χ1) is 7.74. The Morgan fingerprint density at radius 3 is 2.12 bits per heavy atom. The number of nitriles is 1. The third-order valence-electron chi connectivity index (χ3n) is 2.80. The predicted molar refractivity (Wildman–Crippen MR) is 66.1 cm³/mol. The summed E-state index contributed by atoms with van der Waals surface area (Å²) in [5, 5.41) is 9.24. The molecule has 0 atom stereocenters. The summed E-state index contributed by atoms with van der Waals surface area (Å²) in [6.45, 7) is 4.02. The first kappa shape index (κ1) is 10.4. The zero-order valence-corrected chi connectivity index (χ0v) is 9.49. The van der Waals surface area contributed by atoms with Crippen molar-refractivity contribution in [2.24, 2.45) is 0 Å². The highest BCUT2D eigenvalue weighted by Crippen LogP contribution is 2.28. The number of aryl methyl sites for hydroxylation is 2. The van der Waals surface area contributed by atoms with E-state index in [0.717, 1.165) is 27.8 Å². The van der Waals surface area contributed by atoms with Crippen molar-refractivity contribution in [1.82, 2.24) is 0 Å². The van der Waals surface area contributed by atoms with Crippen LogP contribution in [0.25, 0.3) is 11.1 Å². The maximum Gasteiger partial charge on any atom is 0.100 e. The second-order valence-electron chi connectivity index (χ2n) is 3.93. The molecule has 2 aromatic rings. The summed E-state index contributed by atoms with van der Waals surface area (Å²) in [7, 11) is 0. The Morgan fingerprint density at radius 2 is 1.50 bits per heavy atom. The first-order valence-electron chi connectivity index (χ1n) is 5.29. The number of nitrogens with zero attached hydrogens (tertiary/aromatic N) is 1. The van der Waals surface area contributed by atoms with Crippen LogP contribution in [0.3, 0.4) is 0 Å². The maximum absolute atomic E-state index is 9.24. The van der Waals surface area contributed by atoms with E-state index >= 15 is 0 Å². The highest BCUT2D eigenvalue weighted by Gasteiger charge is 2.09. The van der Waals surface area contributed by atoms with E-state index in [4.69, 9.17) is 0 Å². The van der Waals surface area contributed by atoms with Gasteiger partial charge in [-0.1, -0.05) is 42.5 Å². The van der Waals surface area contributed by atoms with Crippen molar-refractivity contribution < 1.29 is 0 Å². The Kier molecular flexibility index (Phi) is 2.74. The monoisotopic (exact) mass is 207 g/mol. The van der Waals surface area contributed by atoms with Gasteiger partial charge in [0.05, 0.1) is 5.56 Å². The molecule has 0 heterocycles. The zero-order chi connectivity index (χ0) is 11.5. The normalized spacial score (nSPS) is 9.81. The molecule has 1 heteroatoms. The van der Waals surface area contributed by atoms with Gasteiger partial charge in [-0.3, -0.25) is 0 Å². The highest BCUT2D eigenvalue weighted by atomic mass is 14.3. The van der Waals surface area contributed by atoms with Crippen LogP contribution in [0.1, 0.15) is 16.7 Å². The molecule has 2 aromatic carbocycles. The van der Waals surface area contributed by atoms with Crippen LogP contribution in [-0.4, -0.2) is 0 Å². The van der Waals surface area contributed by atoms with Gasteiger partial charge in [0.25, 0.3) is 0 Å². The summed E-state index contributed by atoms with van der Waals surface area (Å²) in [6.07, 6.45) is 0. The molecule has 0 aliphatic rings. The smallest absolute Gasteiger partial charge is 0.100 e. The van der Waals surface area contributed by atoms with Crippen molar-refractivity contribution >= 4 is 0 Å². The average Bonchev–Trinajstić information content (AvgIpc) is 2.33. The standard InChI is InChI=1S/C15H13N/c1-11-8-9-12(2)15(14(11)10-16)13-6-4-3-5-7-13/h3-9H,1-2H3. The SMILES string of the molecule is Cc1ccc(C)c(-c2ccccc2)c1C#N. The van der Waals surface area contributed by atoms with Gasteiger partial charge in [-0.15, -0.1) is 0 Å². The third kappa shape index (κ3) is 1.70. The largest absolute Gasteiger partial charge is 0.192 e. The minimum Gasteiger partial charge on any atom is -0.192 e. The molecular formula is C15H13N. The summed E-state index contributed by atoms with van der Waals surface area (Å²) in [4.78, 5) is 0. The molecule has 0 spiro atoms. The molecule has 78 valence electrons. The third-order valence-corrected chi connectivity index (χ3v) is 2.80. The molecule has 1 nitrogen and oxygen atoms in total. The van der Waals surface area contributed by atoms with Crippen LogP contribution in [0.15, 0.2) is 42.5 Å². The quantitative estimate of drug-likeness (QED) is 0.697.